The Morgan fingerprint density at radius 3 is 2.50 bits per heavy atom. The van der Waals surface area contributed by atoms with E-state index in [1.807, 2.05) is 56.6 Å². The molecule has 0 atom stereocenters. The molecule has 0 saturated heterocycles. The lowest BCUT2D eigenvalue weighted by molar-refractivity contribution is -0.146. The highest BCUT2D eigenvalue weighted by atomic mass is 35.5. The highest BCUT2D eigenvalue weighted by molar-refractivity contribution is 7.20. The van der Waals surface area contributed by atoms with Gasteiger partial charge < -0.3 is 10.1 Å². The zero-order chi connectivity index (χ0) is 19.7. The first-order chi connectivity index (χ1) is 13.6. The van der Waals surface area contributed by atoms with Crippen molar-refractivity contribution in [1.29, 1.82) is 0 Å². The van der Waals surface area contributed by atoms with E-state index in [1.165, 1.54) is 11.3 Å². The monoisotopic (exact) mass is 412 g/mol. The van der Waals surface area contributed by atoms with E-state index in [4.69, 9.17) is 16.3 Å². The molecule has 0 bridgehead atoms. The number of benzene rings is 1. The van der Waals surface area contributed by atoms with Crippen molar-refractivity contribution in [3.05, 3.63) is 58.6 Å². The van der Waals surface area contributed by atoms with Crippen LogP contribution >= 0.6 is 22.9 Å². The number of nitrogens with zero attached hydrogens (tertiary/aromatic N) is 1. The molecule has 0 spiro atoms. The predicted octanol–water partition coefficient (Wildman–Crippen LogP) is 5.77. The molecule has 0 unspecified atom stereocenters. The van der Waals surface area contributed by atoms with Crippen molar-refractivity contribution < 1.29 is 9.53 Å². The minimum absolute atomic E-state index is 0.111. The third-order valence-electron chi connectivity index (χ3n) is 5.15. The highest BCUT2D eigenvalue weighted by Crippen LogP contribution is 2.49. The minimum Gasteiger partial charge on any atom is -0.465 e. The molecule has 1 N–H and O–H groups in total. The van der Waals surface area contributed by atoms with Crippen LogP contribution in [0.1, 0.15) is 25.3 Å². The minimum atomic E-state index is -0.437. The number of thiophene rings is 1. The van der Waals surface area contributed by atoms with Gasteiger partial charge in [-0.25, -0.2) is 0 Å². The van der Waals surface area contributed by atoms with Crippen LogP contribution < -0.4 is 5.32 Å². The SMILES string of the molecule is CCOC(=O)C1(c2ccc(-c3ccc(-c4sc(Cl)cc4NC)cn3)cc2)CC1. The van der Waals surface area contributed by atoms with Gasteiger partial charge in [0.2, 0.25) is 0 Å². The topological polar surface area (TPSA) is 51.2 Å². The molecule has 0 aliphatic heterocycles. The number of esters is 1. The van der Waals surface area contributed by atoms with Crippen molar-refractivity contribution in [2.75, 3.05) is 19.0 Å². The largest absolute Gasteiger partial charge is 0.465 e. The third kappa shape index (κ3) is 3.40. The molecule has 2 heterocycles. The van der Waals surface area contributed by atoms with Gasteiger partial charge in [-0.1, -0.05) is 35.9 Å². The standard InChI is InChI=1S/C22H21ClN2O2S/c1-3-27-21(26)22(10-11-22)16-7-4-14(5-8-16)17-9-6-15(13-25-17)20-18(24-2)12-19(23)28-20/h4-9,12-13,24H,3,10-11H2,1-2H3. The lowest BCUT2D eigenvalue weighted by Gasteiger charge is -2.14. The first-order valence-corrected chi connectivity index (χ1v) is 10.5. The van der Waals surface area contributed by atoms with Gasteiger partial charge in [-0.05, 0) is 43.5 Å². The number of ether oxygens (including phenoxy) is 1. The average Bonchev–Trinajstić information content (AvgIpc) is 3.45. The quantitative estimate of drug-likeness (QED) is 0.522. The van der Waals surface area contributed by atoms with E-state index in [0.29, 0.717) is 6.61 Å². The Bertz CT molecular complexity index is 992. The van der Waals surface area contributed by atoms with Crippen molar-refractivity contribution in [1.82, 2.24) is 4.98 Å². The first kappa shape index (κ1) is 19.0. The molecule has 3 aromatic rings. The van der Waals surface area contributed by atoms with Crippen LogP contribution in [0.15, 0.2) is 48.7 Å². The maximum absolute atomic E-state index is 12.3. The van der Waals surface area contributed by atoms with Crippen LogP contribution in [0.3, 0.4) is 0 Å². The molecule has 1 fully saturated rings. The first-order valence-electron chi connectivity index (χ1n) is 9.29. The summed E-state index contributed by atoms with van der Waals surface area (Å²) in [6.07, 6.45) is 3.58. The molecule has 1 saturated carbocycles. The van der Waals surface area contributed by atoms with Gasteiger partial charge in [0.15, 0.2) is 0 Å². The van der Waals surface area contributed by atoms with Gasteiger partial charge >= 0.3 is 5.97 Å². The number of pyridine rings is 1. The maximum atomic E-state index is 12.3. The fourth-order valence-electron chi connectivity index (χ4n) is 3.42. The summed E-state index contributed by atoms with van der Waals surface area (Å²) < 4.78 is 5.99. The summed E-state index contributed by atoms with van der Waals surface area (Å²) in [5.41, 5.74) is 4.54. The summed E-state index contributed by atoms with van der Waals surface area (Å²) in [4.78, 5) is 18.0. The number of hydrogen-bond acceptors (Lipinski definition) is 5. The van der Waals surface area contributed by atoms with Gasteiger partial charge in [-0.2, -0.15) is 0 Å². The Balaban J connectivity index is 1.56. The van der Waals surface area contributed by atoms with Gasteiger partial charge in [0.05, 0.1) is 32.6 Å². The zero-order valence-corrected chi connectivity index (χ0v) is 17.4. The molecule has 144 valence electrons. The number of carbonyl (C=O) groups excluding carboxylic acids is 1. The fraction of sp³-hybridized carbons (Fsp3) is 0.273. The summed E-state index contributed by atoms with van der Waals surface area (Å²) in [7, 11) is 1.88. The van der Waals surface area contributed by atoms with Crippen molar-refractivity contribution >= 4 is 34.6 Å². The number of nitrogens with one attached hydrogen (secondary N) is 1. The summed E-state index contributed by atoms with van der Waals surface area (Å²) in [6, 6.07) is 14.1. The second-order valence-corrected chi connectivity index (χ2v) is 8.54. The molecule has 0 amide bonds. The van der Waals surface area contributed by atoms with Crippen LogP contribution in [-0.2, 0) is 14.9 Å². The summed E-state index contributed by atoms with van der Waals surface area (Å²) in [6.45, 7) is 2.26. The Kier molecular flexibility index (Phi) is 5.13. The lowest BCUT2D eigenvalue weighted by Crippen LogP contribution is -2.23. The van der Waals surface area contributed by atoms with Gasteiger partial charge in [-0.15, -0.1) is 11.3 Å². The molecule has 1 aliphatic rings. The second kappa shape index (κ2) is 7.57. The van der Waals surface area contributed by atoms with Crippen LogP contribution in [0.4, 0.5) is 5.69 Å². The fourth-order valence-corrected chi connectivity index (χ4v) is 4.65. The second-order valence-electron chi connectivity index (χ2n) is 6.86. The van der Waals surface area contributed by atoms with Crippen molar-refractivity contribution in [3.8, 4) is 21.7 Å². The van der Waals surface area contributed by atoms with E-state index < -0.39 is 5.41 Å². The van der Waals surface area contributed by atoms with Gasteiger partial charge in [0.1, 0.15) is 0 Å². The van der Waals surface area contributed by atoms with Gasteiger partial charge in [0, 0.05) is 24.4 Å². The number of hydrogen-bond donors (Lipinski definition) is 1. The van der Waals surface area contributed by atoms with E-state index in [1.54, 1.807) is 0 Å². The smallest absolute Gasteiger partial charge is 0.316 e. The molecular weight excluding hydrogens is 392 g/mol. The molecule has 2 aromatic heterocycles. The molecule has 28 heavy (non-hydrogen) atoms. The normalized spacial score (nSPS) is 14.5. The van der Waals surface area contributed by atoms with Crippen molar-refractivity contribution in [3.63, 3.8) is 0 Å². The van der Waals surface area contributed by atoms with Gasteiger partial charge in [-0.3, -0.25) is 9.78 Å². The molecule has 1 aliphatic carbocycles. The van der Waals surface area contributed by atoms with Crippen LogP contribution in [0.2, 0.25) is 4.34 Å². The Hall–Kier alpha value is -2.37. The number of carbonyl (C=O) groups is 1. The average molecular weight is 413 g/mol. The molecule has 4 nitrogen and oxygen atoms in total. The van der Waals surface area contributed by atoms with Crippen LogP contribution in [-0.4, -0.2) is 24.6 Å². The Labute approximate surface area is 173 Å². The molecule has 6 heteroatoms. The predicted molar refractivity (Wildman–Crippen MR) is 115 cm³/mol. The molecular formula is C22H21ClN2O2S. The van der Waals surface area contributed by atoms with E-state index in [0.717, 1.165) is 50.1 Å². The van der Waals surface area contributed by atoms with E-state index >= 15 is 0 Å². The number of rotatable bonds is 6. The lowest BCUT2D eigenvalue weighted by atomic mass is 9.94. The van der Waals surface area contributed by atoms with Crippen molar-refractivity contribution in [2.24, 2.45) is 0 Å². The summed E-state index contributed by atoms with van der Waals surface area (Å²) >= 11 is 7.68. The number of aromatic nitrogens is 1. The van der Waals surface area contributed by atoms with E-state index in [9.17, 15) is 4.79 Å². The van der Waals surface area contributed by atoms with Crippen LogP contribution in [0.5, 0.6) is 0 Å². The zero-order valence-electron chi connectivity index (χ0n) is 15.8. The summed E-state index contributed by atoms with van der Waals surface area (Å²) in [5, 5.41) is 3.17. The molecule has 4 rings (SSSR count). The molecule has 1 aromatic carbocycles. The van der Waals surface area contributed by atoms with E-state index in [-0.39, 0.29) is 5.97 Å². The summed E-state index contributed by atoms with van der Waals surface area (Å²) in [5.74, 6) is -0.111. The third-order valence-corrected chi connectivity index (χ3v) is 6.46. The number of anilines is 1. The van der Waals surface area contributed by atoms with Crippen LogP contribution in [0.25, 0.3) is 21.7 Å². The Morgan fingerprint density at radius 1 is 1.21 bits per heavy atom. The number of halogens is 1. The van der Waals surface area contributed by atoms with E-state index in [2.05, 4.69) is 16.4 Å². The van der Waals surface area contributed by atoms with Gasteiger partial charge in [0.25, 0.3) is 0 Å². The van der Waals surface area contributed by atoms with Crippen molar-refractivity contribution in [2.45, 2.75) is 25.2 Å². The highest BCUT2D eigenvalue weighted by Gasteiger charge is 2.52. The van der Waals surface area contributed by atoms with Crippen LogP contribution in [0, 0.1) is 0 Å². The molecule has 0 radical (unpaired) electrons. The Morgan fingerprint density at radius 2 is 1.93 bits per heavy atom. The maximum Gasteiger partial charge on any atom is 0.316 e.